The van der Waals surface area contributed by atoms with Gasteiger partial charge in [0.1, 0.15) is 0 Å². The van der Waals surface area contributed by atoms with Crippen LogP contribution in [0.1, 0.15) is 54.9 Å². The second kappa shape index (κ2) is 5.48. The molecule has 1 aromatic rings. The van der Waals surface area contributed by atoms with Crippen LogP contribution in [0.25, 0.3) is 0 Å². The Labute approximate surface area is 104 Å². The summed E-state index contributed by atoms with van der Waals surface area (Å²) in [7, 11) is 0. The first kappa shape index (κ1) is 12.3. The van der Waals surface area contributed by atoms with Crippen molar-refractivity contribution in [2.24, 2.45) is 11.8 Å². The fourth-order valence-electron chi connectivity index (χ4n) is 2.83. The van der Waals surface area contributed by atoms with Crippen molar-refractivity contribution in [3.63, 3.8) is 0 Å². The van der Waals surface area contributed by atoms with E-state index in [1.165, 1.54) is 37.7 Å². The summed E-state index contributed by atoms with van der Waals surface area (Å²) in [5.74, 6) is 1.13. The molecule has 1 nitrogen and oxygen atoms in total. The topological polar surface area (TPSA) is 17.1 Å². The molecule has 2 rings (SSSR count). The van der Waals surface area contributed by atoms with E-state index >= 15 is 0 Å². The lowest BCUT2D eigenvalue weighted by molar-refractivity contribution is 0.0864. The Kier molecular flexibility index (Phi) is 3.98. The highest BCUT2D eigenvalue weighted by Gasteiger charge is 2.26. The van der Waals surface area contributed by atoms with E-state index in [4.69, 9.17) is 0 Å². The van der Waals surface area contributed by atoms with Crippen molar-refractivity contribution in [2.75, 3.05) is 0 Å². The predicted octanol–water partition coefficient (Wildman–Crippen LogP) is 4.39. The van der Waals surface area contributed by atoms with Crippen molar-refractivity contribution in [1.29, 1.82) is 0 Å². The van der Waals surface area contributed by atoms with Gasteiger partial charge in [0.25, 0.3) is 0 Å². The molecule has 0 saturated heterocycles. The standard InChI is InChI=1S/C16H22O/c1-12-8-10-15(11-9-12)16(17)13(2)14-6-4-3-5-7-14/h8-11,13-14H,3-7H2,1-2H3/t13-/m0/s1. The monoisotopic (exact) mass is 230 g/mol. The molecule has 0 N–H and O–H groups in total. The third-order valence-corrected chi connectivity index (χ3v) is 4.11. The van der Waals surface area contributed by atoms with Crippen molar-refractivity contribution < 1.29 is 4.79 Å². The molecule has 1 aliphatic carbocycles. The van der Waals surface area contributed by atoms with Gasteiger partial charge in [-0.2, -0.15) is 0 Å². The van der Waals surface area contributed by atoms with Gasteiger partial charge in [-0.15, -0.1) is 0 Å². The molecule has 0 spiro atoms. The summed E-state index contributed by atoms with van der Waals surface area (Å²) in [6.45, 7) is 4.16. The fraction of sp³-hybridized carbons (Fsp3) is 0.562. The van der Waals surface area contributed by atoms with Crippen LogP contribution < -0.4 is 0 Å². The maximum Gasteiger partial charge on any atom is 0.165 e. The van der Waals surface area contributed by atoms with Crippen LogP contribution in [-0.2, 0) is 0 Å². The molecule has 1 atom stereocenters. The van der Waals surface area contributed by atoms with Gasteiger partial charge in [-0.1, -0.05) is 56.0 Å². The zero-order valence-electron chi connectivity index (χ0n) is 10.9. The van der Waals surface area contributed by atoms with Crippen LogP contribution in [0.2, 0.25) is 0 Å². The van der Waals surface area contributed by atoms with E-state index in [9.17, 15) is 4.79 Å². The lowest BCUT2D eigenvalue weighted by Crippen LogP contribution is -2.23. The quantitative estimate of drug-likeness (QED) is 0.704. The fourth-order valence-corrected chi connectivity index (χ4v) is 2.83. The zero-order valence-corrected chi connectivity index (χ0v) is 10.9. The number of benzene rings is 1. The first-order valence-electron chi connectivity index (χ1n) is 6.79. The van der Waals surface area contributed by atoms with Crippen LogP contribution in [0.15, 0.2) is 24.3 Å². The van der Waals surface area contributed by atoms with Gasteiger partial charge < -0.3 is 0 Å². The van der Waals surface area contributed by atoms with Gasteiger partial charge in [0.05, 0.1) is 0 Å². The summed E-state index contributed by atoms with van der Waals surface area (Å²) < 4.78 is 0. The molecule has 92 valence electrons. The Morgan fingerprint density at radius 2 is 1.71 bits per heavy atom. The van der Waals surface area contributed by atoms with E-state index in [1.807, 2.05) is 24.3 Å². The predicted molar refractivity (Wildman–Crippen MR) is 71.2 cm³/mol. The third-order valence-electron chi connectivity index (χ3n) is 4.11. The molecular formula is C16H22O. The molecule has 0 heterocycles. The first-order valence-corrected chi connectivity index (χ1v) is 6.79. The van der Waals surface area contributed by atoms with Crippen molar-refractivity contribution in [1.82, 2.24) is 0 Å². The molecule has 0 bridgehead atoms. The van der Waals surface area contributed by atoms with Gasteiger partial charge in [-0.3, -0.25) is 4.79 Å². The maximum absolute atomic E-state index is 12.4. The molecule has 1 aromatic carbocycles. The van der Waals surface area contributed by atoms with E-state index in [-0.39, 0.29) is 5.92 Å². The molecule has 1 heteroatoms. The Balaban J connectivity index is 2.05. The minimum atomic E-state index is 0.193. The van der Waals surface area contributed by atoms with Gasteiger partial charge in [-0.25, -0.2) is 0 Å². The van der Waals surface area contributed by atoms with Gasteiger partial charge >= 0.3 is 0 Å². The summed E-state index contributed by atoms with van der Waals surface area (Å²) in [6.07, 6.45) is 6.42. The zero-order chi connectivity index (χ0) is 12.3. The second-order valence-corrected chi connectivity index (χ2v) is 5.42. The molecule has 1 saturated carbocycles. The molecule has 0 radical (unpaired) electrons. The second-order valence-electron chi connectivity index (χ2n) is 5.42. The summed E-state index contributed by atoms with van der Waals surface area (Å²) in [4.78, 5) is 12.4. The smallest absolute Gasteiger partial charge is 0.165 e. The van der Waals surface area contributed by atoms with Crippen molar-refractivity contribution in [3.05, 3.63) is 35.4 Å². The van der Waals surface area contributed by atoms with Crippen LogP contribution in [-0.4, -0.2) is 5.78 Å². The van der Waals surface area contributed by atoms with Crippen molar-refractivity contribution in [2.45, 2.75) is 46.0 Å². The first-order chi connectivity index (χ1) is 8.18. The third kappa shape index (κ3) is 2.96. The van der Waals surface area contributed by atoms with E-state index in [2.05, 4.69) is 13.8 Å². The SMILES string of the molecule is Cc1ccc(C(=O)[C@@H](C)C2CCCCC2)cc1. The van der Waals surface area contributed by atoms with Crippen LogP contribution >= 0.6 is 0 Å². The molecule has 0 amide bonds. The average Bonchev–Trinajstić information content (AvgIpc) is 2.39. The highest BCUT2D eigenvalue weighted by Crippen LogP contribution is 2.31. The molecule has 0 aromatic heterocycles. The molecule has 17 heavy (non-hydrogen) atoms. The van der Waals surface area contributed by atoms with Gasteiger partial charge in [0.15, 0.2) is 5.78 Å². The molecule has 1 fully saturated rings. The number of hydrogen-bond acceptors (Lipinski definition) is 1. The van der Waals surface area contributed by atoms with E-state index in [0.717, 1.165) is 5.56 Å². The minimum Gasteiger partial charge on any atom is -0.294 e. The molecule has 0 unspecified atom stereocenters. The largest absolute Gasteiger partial charge is 0.294 e. The number of rotatable bonds is 3. The minimum absolute atomic E-state index is 0.193. The summed E-state index contributed by atoms with van der Waals surface area (Å²) in [5.41, 5.74) is 2.10. The van der Waals surface area contributed by atoms with Gasteiger partial charge in [0, 0.05) is 11.5 Å². The Hall–Kier alpha value is -1.11. The molecular weight excluding hydrogens is 208 g/mol. The number of carbonyl (C=O) groups is 1. The highest BCUT2D eigenvalue weighted by atomic mass is 16.1. The number of Topliss-reactive ketones (excluding diaryl/α,β-unsaturated/α-hetero) is 1. The lowest BCUT2D eigenvalue weighted by Gasteiger charge is -2.26. The van der Waals surface area contributed by atoms with Crippen LogP contribution in [0.4, 0.5) is 0 Å². The summed E-state index contributed by atoms with van der Waals surface area (Å²) >= 11 is 0. The van der Waals surface area contributed by atoms with Crippen LogP contribution in [0.5, 0.6) is 0 Å². The number of ketones is 1. The number of aryl methyl sites for hydroxylation is 1. The summed E-state index contributed by atoms with van der Waals surface area (Å²) in [5, 5.41) is 0. The number of hydrogen-bond donors (Lipinski definition) is 0. The van der Waals surface area contributed by atoms with Crippen LogP contribution in [0.3, 0.4) is 0 Å². The summed E-state index contributed by atoms with van der Waals surface area (Å²) in [6, 6.07) is 8.00. The Morgan fingerprint density at radius 3 is 2.29 bits per heavy atom. The highest BCUT2D eigenvalue weighted by molar-refractivity contribution is 5.97. The Bertz CT molecular complexity index is 371. The normalized spacial score (nSPS) is 18.9. The van der Waals surface area contributed by atoms with Gasteiger partial charge in [-0.05, 0) is 25.7 Å². The van der Waals surface area contributed by atoms with E-state index in [0.29, 0.717) is 11.7 Å². The average molecular weight is 230 g/mol. The van der Waals surface area contributed by atoms with Crippen LogP contribution in [0, 0.1) is 18.8 Å². The molecule has 1 aliphatic rings. The van der Waals surface area contributed by atoms with Gasteiger partial charge in [0.2, 0.25) is 0 Å². The lowest BCUT2D eigenvalue weighted by atomic mass is 9.78. The molecule has 0 aliphatic heterocycles. The van der Waals surface area contributed by atoms with Crippen molar-refractivity contribution >= 4 is 5.78 Å². The Morgan fingerprint density at radius 1 is 1.12 bits per heavy atom. The van der Waals surface area contributed by atoms with Crippen molar-refractivity contribution in [3.8, 4) is 0 Å². The number of carbonyl (C=O) groups excluding carboxylic acids is 1. The maximum atomic E-state index is 12.4. The van der Waals surface area contributed by atoms with E-state index in [1.54, 1.807) is 0 Å². The van der Waals surface area contributed by atoms with E-state index < -0.39 is 0 Å².